The zero-order chi connectivity index (χ0) is 14.8. The predicted molar refractivity (Wildman–Crippen MR) is 80.7 cm³/mol. The fraction of sp³-hybridized carbons (Fsp3) is 0.231. The van der Waals surface area contributed by atoms with Gasteiger partial charge in [-0.25, -0.2) is 4.98 Å². The van der Waals surface area contributed by atoms with E-state index in [1.54, 1.807) is 25.4 Å². The fourth-order valence-corrected chi connectivity index (χ4v) is 2.86. The predicted octanol–water partition coefficient (Wildman–Crippen LogP) is 2.59. The Hall–Kier alpha value is -1.86. The largest absolute Gasteiger partial charge is 0.465 e. The second-order valence-electron chi connectivity index (χ2n) is 4.17. The van der Waals surface area contributed by atoms with E-state index >= 15 is 0 Å². The van der Waals surface area contributed by atoms with Crippen LogP contribution in [-0.2, 0) is 9.53 Å². The molecule has 0 unspecified atom stereocenters. The van der Waals surface area contributed by atoms with Gasteiger partial charge in [0, 0.05) is 5.02 Å². The summed E-state index contributed by atoms with van der Waals surface area (Å²) in [6, 6.07) is 5.40. The molecule has 0 bridgehead atoms. The van der Waals surface area contributed by atoms with Crippen molar-refractivity contribution < 1.29 is 9.53 Å². The van der Waals surface area contributed by atoms with Crippen LogP contribution < -0.4 is 0 Å². The monoisotopic (exact) mass is 322 g/mol. The van der Waals surface area contributed by atoms with Gasteiger partial charge in [0.15, 0.2) is 5.65 Å². The van der Waals surface area contributed by atoms with Crippen molar-refractivity contribution in [2.75, 3.05) is 12.4 Å². The Morgan fingerprint density at radius 3 is 3.14 bits per heavy atom. The average Bonchev–Trinajstić information content (AvgIpc) is 2.95. The van der Waals surface area contributed by atoms with Crippen LogP contribution in [0.5, 0.6) is 0 Å². The lowest BCUT2D eigenvalue weighted by molar-refractivity contribution is -0.139. The van der Waals surface area contributed by atoms with Crippen LogP contribution in [0.15, 0.2) is 29.6 Å². The molecule has 3 aromatic rings. The molecule has 3 rings (SSSR count). The van der Waals surface area contributed by atoms with E-state index in [4.69, 9.17) is 16.3 Å². The number of carbonyl (C=O) groups is 1. The van der Waals surface area contributed by atoms with Gasteiger partial charge >= 0.3 is 5.97 Å². The third-order valence-corrected chi connectivity index (χ3v) is 3.95. The molecule has 2 aromatic heterocycles. The average molecular weight is 323 g/mol. The second kappa shape index (κ2) is 5.87. The van der Waals surface area contributed by atoms with Crippen LogP contribution in [0.3, 0.4) is 0 Å². The molecule has 0 atom stereocenters. The van der Waals surface area contributed by atoms with E-state index < -0.39 is 0 Å². The zero-order valence-electron chi connectivity index (χ0n) is 11.1. The molecule has 0 saturated carbocycles. The highest BCUT2D eigenvalue weighted by molar-refractivity contribution is 8.00. The van der Waals surface area contributed by atoms with E-state index in [0.717, 1.165) is 11.0 Å². The van der Waals surface area contributed by atoms with Gasteiger partial charge in [-0.3, -0.25) is 9.20 Å². The highest BCUT2D eigenvalue weighted by Gasteiger charge is 2.13. The molecule has 0 aliphatic heterocycles. The number of hydrogen-bond acceptors (Lipinski definition) is 6. The maximum atomic E-state index is 11.5. The molecule has 108 valence electrons. The number of rotatable bonds is 4. The summed E-state index contributed by atoms with van der Waals surface area (Å²) < 4.78 is 6.72. The van der Waals surface area contributed by atoms with Gasteiger partial charge < -0.3 is 4.74 Å². The molecule has 0 amide bonds. The number of nitrogens with zero attached hydrogens (tertiary/aromatic N) is 4. The van der Waals surface area contributed by atoms with Crippen molar-refractivity contribution in [3.8, 4) is 0 Å². The third-order valence-electron chi connectivity index (χ3n) is 2.79. The smallest absolute Gasteiger partial charge is 0.316 e. The second-order valence-corrected chi connectivity index (χ2v) is 5.57. The number of fused-ring (bicyclic) bond motifs is 3. The maximum Gasteiger partial charge on any atom is 0.316 e. The minimum Gasteiger partial charge on any atom is -0.465 e. The molecule has 6 nitrogen and oxygen atoms in total. The van der Waals surface area contributed by atoms with Crippen molar-refractivity contribution in [1.82, 2.24) is 19.6 Å². The van der Waals surface area contributed by atoms with Crippen LogP contribution >= 0.6 is 23.4 Å². The van der Waals surface area contributed by atoms with E-state index in [1.807, 2.05) is 10.5 Å². The lowest BCUT2D eigenvalue weighted by Crippen LogP contribution is -2.07. The first-order valence-electron chi connectivity index (χ1n) is 6.26. The molecule has 2 heterocycles. The van der Waals surface area contributed by atoms with Crippen molar-refractivity contribution in [2.45, 2.75) is 11.9 Å². The fourth-order valence-electron chi connectivity index (χ4n) is 1.93. The van der Waals surface area contributed by atoms with Gasteiger partial charge in [-0.05, 0) is 25.1 Å². The van der Waals surface area contributed by atoms with E-state index in [0.29, 0.717) is 22.3 Å². The Kier molecular flexibility index (Phi) is 3.94. The molecule has 21 heavy (non-hydrogen) atoms. The van der Waals surface area contributed by atoms with Crippen molar-refractivity contribution in [3.05, 3.63) is 29.5 Å². The first kappa shape index (κ1) is 14.1. The molecule has 8 heteroatoms. The normalized spacial score (nSPS) is 11.1. The van der Waals surface area contributed by atoms with E-state index in [9.17, 15) is 4.79 Å². The summed E-state index contributed by atoms with van der Waals surface area (Å²) in [6.45, 7) is 2.14. The van der Waals surface area contributed by atoms with E-state index in [-0.39, 0.29) is 11.7 Å². The summed E-state index contributed by atoms with van der Waals surface area (Å²) in [7, 11) is 0. The SMILES string of the molecule is CCOC(=O)CSc1nc2ccc(Cl)cc2n2cnnc12. The van der Waals surface area contributed by atoms with Gasteiger partial charge in [0.2, 0.25) is 0 Å². The number of benzene rings is 1. The van der Waals surface area contributed by atoms with Gasteiger partial charge in [0.1, 0.15) is 11.4 Å². The Bertz CT molecular complexity index is 820. The lowest BCUT2D eigenvalue weighted by Gasteiger charge is -2.06. The van der Waals surface area contributed by atoms with E-state index in [2.05, 4.69) is 15.2 Å². The van der Waals surface area contributed by atoms with Gasteiger partial charge in [-0.1, -0.05) is 23.4 Å². The van der Waals surface area contributed by atoms with Crippen LogP contribution in [0.1, 0.15) is 6.92 Å². The summed E-state index contributed by atoms with van der Waals surface area (Å²) >= 11 is 7.29. The van der Waals surface area contributed by atoms with Crippen LogP contribution in [0.4, 0.5) is 0 Å². The Morgan fingerprint density at radius 1 is 1.48 bits per heavy atom. The Balaban J connectivity index is 2.03. The molecular weight excluding hydrogens is 312 g/mol. The highest BCUT2D eigenvalue weighted by Crippen LogP contribution is 2.26. The molecule has 0 N–H and O–H groups in total. The number of ether oxygens (including phenoxy) is 1. The molecule has 0 aliphatic carbocycles. The van der Waals surface area contributed by atoms with Crippen LogP contribution in [0.2, 0.25) is 5.02 Å². The van der Waals surface area contributed by atoms with Crippen molar-refractivity contribution >= 4 is 46.0 Å². The van der Waals surface area contributed by atoms with Crippen molar-refractivity contribution in [1.29, 1.82) is 0 Å². The quantitative estimate of drug-likeness (QED) is 0.543. The van der Waals surface area contributed by atoms with Gasteiger partial charge in [0.05, 0.1) is 23.4 Å². The summed E-state index contributed by atoms with van der Waals surface area (Å²) in [6.07, 6.45) is 1.60. The van der Waals surface area contributed by atoms with Gasteiger partial charge in [-0.15, -0.1) is 10.2 Å². The van der Waals surface area contributed by atoms with Crippen LogP contribution in [-0.4, -0.2) is 37.9 Å². The first-order valence-corrected chi connectivity index (χ1v) is 7.63. The molecule has 0 saturated heterocycles. The topological polar surface area (TPSA) is 69.4 Å². The molecule has 0 radical (unpaired) electrons. The molecule has 0 fully saturated rings. The molecule has 1 aromatic carbocycles. The van der Waals surface area contributed by atoms with Crippen LogP contribution in [0, 0.1) is 0 Å². The van der Waals surface area contributed by atoms with Crippen LogP contribution in [0.25, 0.3) is 16.7 Å². The van der Waals surface area contributed by atoms with Gasteiger partial charge in [0.25, 0.3) is 0 Å². The minimum atomic E-state index is -0.279. The zero-order valence-corrected chi connectivity index (χ0v) is 12.7. The summed E-state index contributed by atoms with van der Waals surface area (Å²) in [4.78, 5) is 16.0. The minimum absolute atomic E-state index is 0.183. The van der Waals surface area contributed by atoms with Crippen molar-refractivity contribution in [2.24, 2.45) is 0 Å². The number of aromatic nitrogens is 4. The third kappa shape index (κ3) is 2.79. The number of carbonyl (C=O) groups excluding carboxylic acids is 1. The maximum absolute atomic E-state index is 11.5. The Morgan fingerprint density at radius 2 is 2.33 bits per heavy atom. The summed E-state index contributed by atoms with van der Waals surface area (Å²) in [5.41, 5.74) is 2.18. The number of thioether (sulfide) groups is 1. The van der Waals surface area contributed by atoms with E-state index in [1.165, 1.54) is 11.8 Å². The summed E-state index contributed by atoms with van der Waals surface area (Å²) in [5.74, 6) is -0.0965. The number of halogens is 1. The number of esters is 1. The highest BCUT2D eigenvalue weighted by atomic mass is 35.5. The summed E-state index contributed by atoms with van der Waals surface area (Å²) in [5, 5.41) is 9.21. The van der Waals surface area contributed by atoms with Crippen molar-refractivity contribution in [3.63, 3.8) is 0 Å². The lowest BCUT2D eigenvalue weighted by atomic mass is 10.3. The molecule has 0 aliphatic rings. The Labute approximate surface area is 129 Å². The van der Waals surface area contributed by atoms with Gasteiger partial charge in [-0.2, -0.15) is 0 Å². The number of hydrogen-bond donors (Lipinski definition) is 0. The standard InChI is InChI=1S/C13H11ClN4O2S/c1-2-20-11(19)6-21-13-12-17-15-7-18(12)10-5-8(14)3-4-9(10)16-13/h3-5,7H,2,6H2,1H3. The molecular formula is C13H11ClN4O2S. The first-order chi connectivity index (χ1) is 10.2. The molecule has 0 spiro atoms.